The first-order valence-electron chi connectivity index (χ1n) is 7.41. The number of hydrogen-bond acceptors (Lipinski definition) is 3. The molecule has 3 rings (SSSR count). The summed E-state index contributed by atoms with van der Waals surface area (Å²) in [5.41, 5.74) is 0.882. The van der Waals surface area contributed by atoms with Crippen molar-refractivity contribution in [2.45, 2.75) is 31.4 Å². The molecule has 1 aliphatic rings. The van der Waals surface area contributed by atoms with E-state index in [2.05, 4.69) is 5.32 Å². The topological polar surface area (TPSA) is 38.3 Å². The van der Waals surface area contributed by atoms with Gasteiger partial charge in [0.1, 0.15) is 5.82 Å². The van der Waals surface area contributed by atoms with Crippen molar-refractivity contribution in [2.24, 2.45) is 0 Å². The van der Waals surface area contributed by atoms with E-state index < -0.39 is 0 Å². The lowest BCUT2D eigenvalue weighted by Gasteiger charge is -2.24. The van der Waals surface area contributed by atoms with E-state index in [-0.39, 0.29) is 23.9 Å². The zero-order chi connectivity index (χ0) is 15.4. The Hall–Kier alpha value is -1.72. The number of carbonyl (C=O) groups excluding carboxylic acids is 1. The SMILES string of the molecule is O=C(Cc1cccs1)N[C@H](c1ccc(F)cc1)[C@@H]1CCCO1. The fourth-order valence-electron chi connectivity index (χ4n) is 2.72. The summed E-state index contributed by atoms with van der Waals surface area (Å²) in [5, 5.41) is 5.01. The Balaban J connectivity index is 1.73. The standard InChI is InChI=1S/C17H18FNO2S/c18-13-7-5-12(6-8-13)17(15-4-1-9-21-15)19-16(20)11-14-3-2-10-22-14/h2-3,5-8,10,15,17H,1,4,9,11H2,(H,19,20)/t15-,17+/m0/s1. The molecule has 1 aromatic heterocycles. The molecule has 0 bridgehead atoms. The predicted octanol–water partition coefficient (Wildman–Crippen LogP) is 3.47. The Morgan fingerprint density at radius 2 is 2.18 bits per heavy atom. The van der Waals surface area contributed by atoms with Crippen LogP contribution in [0.4, 0.5) is 4.39 Å². The lowest BCUT2D eigenvalue weighted by molar-refractivity contribution is -0.122. The van der Waals surface area contributed by atoms with Crippen LogP contribution in [0.1, 0.15) is 29.3 Å². The highest BCUT2D eigenvalue weighted by Gasteiger charge is 2.28. The molecule has 1 saturated heterocycles. The normalized spacial score (nSPS) is 19.0. The Kier molecular flexibility index (Phi) is 4.85. The van der Waals surface area contributed by atoms with E-state index in [1.807, 2.05) is 17.5 Å². The minimum atomic E-state index is -0.278. The largest absolute Gasteiger partial charge is 0.376 e. The van der Waals surface area contributed by atoms with Gasteiger partial charge < -0.3 is 10.1 Å². The minimum Gasteiger partial charge on any atom is -0.376 e. The van der Waals surface area contributed by atoms with Gasteiger partial charge in [-0.2, -0.15) is 0 Å². The zero-order valence-corrected chi connectivity index (χ0v) is 12.9. The molecule has 0 aliphatic carbocycles. The summed E-state index contributed by atoms with van der Waals surface area (Å²) in [6.07, 6.45) is 2.21. The molecule has 0 saturated carbocycles. The summed E-state index contributed by atoms with van der Waals surface area (Å²) >= 11 is 1.57. The molecule has 1 N–H and O–H groups in total. The molecular weight excluding hydrogens is 301 g/mol. The molecule has 0 radical (unpaired) electrons. The Labute approximate surface area is 133 Å². The molecule has 1 fully saturated rings. The molecule has 1 amide bonds. The third-order valence-corrected chi connectivity index (χ3v) is 4.67. The summed E-state index contributed by atoms with van der Waals surface area (Å²) in [7, 11) is 0. The molecule has 1 aromatic carbocycles. The van der Waals surface area contributed by atoms with Crippen molar-refractivity contribution in [3.63, 3.8) is 0 Å². The second kappa shape index (κ2) is 7.03. The lowest BCUT2D eigenvalue weighted by Crippen LogP contribution is -2.36. The quantitative estimate of drug-likeness (QED) is 0.916. The molecule has 2 atom stereocenters. The van der Waals surface area contributed by atoms with E-state index >= 15 is 0 Å². The van der Waals surface area contributed by atoms with Gasteiger partial charge in [-0.3, -0.25) is 4.79 Å². The van der Waals surface area contributed by atoms with Gasteiger partial charge in [0, 0.05) is 11.5 Å². The average Bonchev–Trinajstić information content (AvgIpc) is 3.19. The van der Waals surface area contributed by atoms with Crippen molar-refractivity contribution in [3.8, 4) is 0 Å². The maximum atomic E-state index is 13.1. The van der Waals surface area contributed by atoms with Gasteiger partial charge in [0.25, 0.3) is 0 Å². The maximum Gasteiger partial charge on any atom is 0.225 e. The molecule has 2 heterocycles. The number of thiophene rings is 1. The van der Waals surface area contributed by atoms with Crippen molar-refractivity contribution in [3.05, 3.63) is 58.0 Å². The predicted molar refractivity (Wildman–Crippen MR) is 84.3 cm³/mol. The zero-order valence-electron chi connectivity index (χ0n) is 12.1. The highest BCUT2D eigenvalue weighted by molar-refractivity contribution is 7.10. The molecule has 0 spiro atoms. The van der Waals surface area contributed by atoms with Gasteiger partial charge >= 0.3 is 0 Å². The fourth-order valence-corrected chi connectivity index (χ4v) is 3.43. The number of hydrogen-bond donors (Lipinski definition) is 1. The second-order valence-corrected chi connectivity index (χ2v) is 6.44. The first-order valence-corrected chi connectivity index (χ1v) is 8.29. The van der Waals surface area contributed by atoms with Gasteiger partial charge in [0.05, 0.1) is 18.6 Å². The number of ether oxygens (including phenoxy) is 1. The summed E-state index contributed by atoms with van der Waals surface area (Å²) < 4.78 is 18.9. The van der Waals surface area contributed by atoms with Gasteiger partial charge in [-0.15, -0.1) is 11.3 Å². The van der Waals surface area contributed by atoms with Gasteiger partial charge in [-0.05, 0) is 42.0 Å². The number of amides is 1. The van der Waals surface area contributed by atoms with E-state index in [0.717, 1.165) is 23.3 Å². The highest BCUT2D eigenvalue weighted by Crippen LogP contribution is 2.27. The van der Waals surface area contributed by atoms with E-state index in [1.54, 1.807) is 23.5 Å². The Morgan fingerprint density at radius 1 is 1.36 bits per heavy atom. The molecule has 1 aliphatic heterocycles. The van der Waals surface area contributed by atoms with E-state index in [4.69, 9.17) is 4.74 Å². The molecule has 22 heavy (non-hydrogen) atoms. The van der Waals surface area contributed by atoms with E-state index in [9.17, 15) is 9.18 Å². The van der Waals surface area contributed by atoms with Crippen molar-refractivity contribution >= 4 is 17.2 Å². The van der Waals surface area contributed by atoms with Crippen molar-refractivity contribution in [1.82, 2.24) is 5.32 Å². The van der Waals surface area contributed by atoms with Gasteiger partial charge in [-0.25, -0.2) is 4.39 Å². The van der Waals surface area contributed by atoms with Crippen LogP contribution >= 0.6 is 11.3 Å². The van der Waals surface area contributed by atoms with Crippen LogP contribution in [0.2, 0.25) is 0 Å². The smallest absolute Gasteiger partial charge is 0.225 e. The van der Waals surface area contributed by atoms with Crippen LogP contribution in [-0.2, 0) is 16.0 Å². The molecule has 5 heteroatoms. The van der Waals surface area contributed by atoms with Crippen LogP contribution in [0, 0.1) is 5.82 Å². The lowest BCUT2D eigenvalue weighted by atomic mass is 9.99. The maximum absolute atomic E-state index is 13.1. The number of benzene rings is 1. The van der Waals surface area contributed by atoms with E-state index in [0.29, 0.717) is 13.0 Å². The van der Waals surface area contributed by atoms with Crippen LogP contribution in [0.15, 0.2) is 41.8 Å². The Morgan fingerprint density at radius 3 is 2.82 bits per heavy atom. The van der Waals surface area contributed by atoms with Gasteiger partial charge in [0.2, 0.25) is 5.91 Å². The van der Waals surface area contributed by atoms with Crippen molar-refractivity contribution in [1.29, 1.82) is 0 Å². The van der Waals surface area contributed by atoms with Gasteiger partial charge in [-0.1, -0.05) is 18.2 Å². The van der Waals surface area contributed by atoms with Crippen LogP contribution in [0.5, 0.6) is 0 Å². The summed E-state index contributed by atoms with van der Waals surface area (Å²) in [4.78, 5) is 13.3. The minimum absolute atomic E-state index is 0.0349. The monoisotopic (exact) mass is 319 g/mol. The number of nitrogens with one attached hydrogen (secondary N) is 1. The van der Waals surface area contributed by atoms with Crippen LogP contribution < -0.4 is 5.32 Å². The molecule has 3 nitrogen and oxygen atoms in total. The van der Waals surface area contributed by atoms with Gasteiger partial charge in [0.15, 0.2) is 0 Å². The highest BCUT2D eigenvalue weighted by atomic mass is 32.1. The average molecular weight is 319 g/mol. The van der Waals surface area contributed by atoms with E-state index in [1.165, 1.54) is 12.1 Å². The van der Waals surface area contributed by atoms with Crippen LogP contribution in [-0.4, -0.2) is 18.6 Å². The first kappa shape index (κ1) is 15.2. The Bertz CT molecular complexity index is 606. The number of halogens is 1. The third-order valence-electron chi connectivity index (χ3n) is 3.80. The molecule has 0 unspecified atom stereocenters. The first-order chi connectivity index (χ1) is 10.7. The summed E-state index contributed by atoms with van der Waals surface area (Å²) in [6, 6.07) is 9.93. The number of carbonyl (C=O) groups is 1. The second-order valence-electron chi connectivity index (χ2n) is 5.40. The molecular formula is C17H18FNO2S. The molecule has 2 aromatic rings. The van der Waals surface area contributed by atoms with Crippen LogP contribution in [0.3, 0.4) is 0 Å². The third kappa shape index (κ3) is 3.72. The van der Waals surface area contributed by atoms with Crippen molar-refractivity contribution < 1.29 is 13.9 Å². The van der Waals surface area contributed by atoms with Crippen LogP contribution in [0.25, 0.3) is 0 Å². The summed E-state index contributed by atoms with van der Waals surface area (Å²) in [6.45, 7) is 0.711. The summed E-state index contributed by atoms with van der Waals surface area (Å²) in [5.74, 6) is -0.313. The number of rotatable bonds is 5. The fraction of sp³-hybridized carbons (Fsp3) is 0.353. The molecule has 116 valence electrons. The van der Waals surface area contributed by atoms with Crippen molar-refractivity contribution in [2.75, 3.05) is 6.61 Å².